The van der Waals surface area contributed by atoms with Gasteiger partial charge in [-0.05, 0) is 25.8 Å². The van der Waals surface area contributed by atoms with Crippen molar-refractivity contribution in [2.75, 3.05) is 13.7 Å². The van der Waals surface area contributed by atoms with Gasteiger partial charge in [0.15, 0.2) is 0 Å². The number of aliphatic carboxylic acids is 1. The molecule has 108 valence electrons. The fourth-order valence-corrected chi connectivity index (χ4v) is 2.63. The maximum atomic E-state index is 12.3. The zero-order chi connectivity index (χ0) is 14.7. The zero-order valence-electron chi connectivity index (χ0n) is 11.8. The van der Waals surface area contributed by atoms with E-state index >= 15 is 0 Å². The van der Waals surface area contributed by atoms with Gasteiger partial charge in [0.2, 0.25) is 5.91 Å². The topological polar surface area (TPSA) is 66.8 Å². The number of aryl methyl sites for hydroxylation is 1. The fraction of sp³-hybridized carbons (Fsp3) is 0.467. The van der Waals surface area contributed by atoms with E-state index in [0.29, 0.717) is 18.7 Å². The largest absolute Gasteiger partial charge is 0.496 e. The highest BCUT2D eigenvalue weighted by molar-refractivity contribution is 5.86. The van der Waals surface area contributed by atoms with Crippen LogP contribution in [0.3, 0.4) is 0 Å². The van der Waals surface area contributed by atoms with Crippen molar-refractivity contribution >= 4 is 11.9 Å². The highest BCUT2D eigenvalue weighted by atomic mass is 16.5. The molecule has 5 heteroatoms. The summed E-state index contributed by atoms with van der Waals surface area (Å²) in [7, 11) is 1.56. The number of hydrogen-bond donors (Lipinski definition) is 1. The average Bonchev–Trinajstić information content (AvgIpc) is 2.88. The third kappa shape index (κ3) is 2.92. The molecule has 1 amide bonds. The summed E-state index contributed by atoms with van der Waals surface area (Å²) in [5, 5.41) is 9.12. The minimum atomic E-state index is -0.924. The van der Waals surface area contributed by atoms with Crippen LogP contribution in [0.2, 0.25) is 0 Å². The molecule has 2 rings (SSSR count). The van der Waals surface area contributed by atoms with Gasteiger partial charge in [-0.3, -0.25) is 4.79 Å². The highest BCUT2D eigenvalue weighted by Gasteiger charge is 2.33. The van der Waals surface area contributed by atoms with Crippen molar-refractivity contribution in [1.82, 2.24) is 4.90 Å². The van der Waals surface area contributed by atoms with Gasteiger partial charge in [-0.2, -0.15) is 0 Å². The highest BCUT2D eigenvalue weighted by Crippen LogP contribution is 2.23. The van der Waals surface area contributed by atoms with Gasteiger partial charge >= 0.3 is 5.97 Å². The standard InChI is InChI=1S/C15H19NO4/c1-10-5-6-13(20-2)11(8-10)9-14(17)16-7-3-4-12(16)15(18)19/h5-6,8,12H,3-4,7,9H2,1-2H3,(H,18,19)/t12-/m1/s1. The average molecular weight is 277 g/mol. The number of carbonyl (C=O) groups excluding carboxylic acids is 1. The lowest BCUT2D eigenvalue weighted by molar-refractivity contribution is -0.148. The number of ether oxygens (including phenoxy) is 1. The first kappa shape index (κ1) is 14.4. The molecular formula is C15H19NO4. The van der Waals surface area contributed by atoms with Gasteiger partial charge < -0.3 is 14.7 Å². The Morgan fingerprint density at radius 3 is 2.85 bits per heavy atom. The second-order valence-corrected chi connectivity index (χ2v) is 5.08. The molecule has 1 heterocycles. The Morgan fingerprint density at radius 2 is 2.20 bits per heavy atom. The number of carbonyl (C=O) groups is 2. The van der Waals surface area contributed by atoms with Crippen LogP contribution in [-0.2, 0) is 16.0 Å². The molecule has 0 radical (unpaired) electrons. The molecule has 5 nitrogen and oxygen atoms in total. The molecule has 1 atom stereocenters. The second kappa shape index (κ2) is 5.94. The summed E-state index contributed by atoms with van der Waals surface area (Å²) in [6, 6.07) is 4.97. The summed E-state index contributed by atoms with van der Waals surface area (Å²) in [6.07, 6.45) is 1.45. The van der Waals surface area contributed by atoms with E-state index in [9.17, 15) is 9.59 Å². The summed E-state index contributed by atoms with van der Waals surface area (Å²) in [4.78, 5) is 24.9. The monoisotopic (exact) mass is 277 g/mol. The molecule has 0 aliphatic carbocycles. The van der Waals surface area contributed by atoms with Crippen molar-refractivity contribution in [2.24, 2.45) is 0 Å². The Hall–Kier alpha value is -2.04. The molecule has 1 aliphatic heterocycles. The van der Waals surface area contributed by atoms with Gasteiger partial charge in [0.05, 0.1) is 13.5 Å². The van der Waals surface area contributed by atoms with Crippen LogP contribution in [0.15, 0.2) is 18.2 Å². The maximum absolute atomic E-state index is 12.3. The first-order valence-corrected chi connectivity index (χ1v) is 6.68. The number of carboxylic acid groups (broad SMARTS) is 1. The summed E-state index contributed by atoms with van der Waals surface area (Å²) < 4.78 is 5.25. The van der Waals surface area contributed by atoms with Crippen molar-refractivity contribution in [3.05, 3.63) is 29.3 Å². The molecule has 0 unspecified atom stereocenters. The third-order valence-electron chi connectivity index (χ3n) is 3.64. The fourth-order valence-electron chi connectivity index (χ4n) is 2.63. The van der Waals surface area contributed by atoms with Crippen molar-refractivity contribution < 1.29 is 19.4 Å². The number of nitrogens with zero attached hydrogens (tertiary/aromatic N) is 1. The quantitative estimate of drug-likeness (QED) is 0.908. The number of rotatable bonds is 4. The lowest BCUT2D eigenvalue weighted by atomic mass is 10.1. The van der Waals surface area contributed by atoms with Gasteiger partial charge in [0, 0.05) is 12.1 Å². The van der Waals surface area contributed by atoms with E-state index in [1.807, 2.05) is 25.1 Å². The Kier molecular flexibility index (Phi) is 4.27. The SMILES string of the molecule is COc1ccc(C)cc1CC(=O)N1CCC[C@@H]1C(=O)O. The molecule has 1 aromatic rings. The number of methoxy groups -OCH3 is 1. The summed E-state index contributed by atoms with van der Waals surface area (Å²) in [6.45, 7) is 2.47. The van der Waals surface area contributed by atoms with Crippen LogP contribution in [0, 0.1) is 6.92 Å². The first-order valence-electron chi connectivity index (χ1n) is 6.68. The second-order valence-electron chi connectivity index (χ2n) is 5.08. The van der Waals surface area contributed by atoms with Crippen LogP contribution in [-0.4, -0.2) is 41.6 Å². The van der Waals surface area contributed by atoms with E-state index in [1.54, 1.807) is 7.11 Å². The minimum absolute atomic E-state index is 0.154. The molecule has 1 fully saturated rings. The third-order valence-corrected chi connectivity index (χ3v) is 3.64. The molecule has 0 aromatic heterocycles. The van der Waals surface area contributed by atoms with Crippen LogP contribution in [0.25, 0.3) is 0 Å². The Labute approximate surface area is 118 Å². The molecule has 1 saturated heterocycles. The molecule has 1 N–H and O–H groups in total. The minimum Gasteiger partial charge on any atom is -0.496 e. The summed E-state index contributed by atoms with van der Waals surface area (Å²) in [5.41, 5.74) is 1.85. The van der Waals surface area contributed by atoms with E-state index in [4.69, 9.17) is 9.84 Å². The lowest BCUT2D eigenvalue weighted by Crippen LogP contribution is -2.41. The van der Waals surface area contributed by atoms with Gasteiger partial charge in [-0.25, -0.2) is 4.79 Å². The van der Waals surface area contributed by atoms with Gasteiger partial charge in [0.1, 0.15) is 11.8 Å². The maximum Gasteiger partial charge on any atom is 0.326 e. The van der Waals surface area contributed by atoms with Crippen molar-refractivity contribution in [1.29, 1.82) is 0 Å². The van der Waals surface area contributed by atoms with Crippen LogP contribution >= 0.6 is 0 Å². The van der Waals surface area contributed by atoms with Crippen LogP contribution in [0.1, 0.15) is 24.0 Å². The van der Waals surface area contributed by atoms with Crippen LogP contribution < -0.4 is 4.74 Å². The smallest absolute Gasteiger partial charge is 0.326 e. The van der Waals surface area contributed by atoms with E-state index in [2.05, 4.69) is 0 Å². The number of likely N-dealkylation sites (tertiary alicyclic amines) is 1. The van der Waals surface area contributed by atoms with Crippen LogP contribution in [0.5, 0.6) is 5.75 Å². The van der Waals surface area contributed by atoms with Gasteiger partial charge in [-0.15, -0.1) is 0 Å². The zero-order valence-corrected chi connectivity index (χ0v) is 11.8. The predicted molar refractivity (Wildman–Crippen MR) is 73.8 cm³/mol. The number of carboxylic acids is 1. The molecule has 1 aromatic carbocycles. The van der Waals surface area contributed by atoms with E-state index in [-0.39, 0.29) is 12.3 Å². The summed E-state index contributed by atoms with van der Waals surface area (Å²) >= 11 is 0. The van der Waals surface area contributed by atoms with Crippen molar-refractivity contribution in [3.63, 3.8) is 0 Å². The van der Waals surface area contributed by atoms with Crippen molar-refractivity contribution in [3.8, 4) is 5.75 Å². The van der Waals surface area contributed by atoms with E-state index in [0.717, 1.165) is 17.5 Å². The normalized spacial score (nSPS) is 18.1. The first-order chi connectivity index (χ1) is 9.52. The number of benzene rings is 1. The van der Waals surface area contributed by atoms with Gasteiger partial charge in [0.25, 0.3) is 0 Å². The predicted octanol–water partition coefficient (Wildman–Crippen LogP) is 1.62. The molecule has 0 spiro atoms. The number of hydrogen-bond acceptors (Lipinski definition) is 3. The molecule has 20 heavy (non-hydrogen) atoms. The van der Waals surface area contributed by atoms with Gasteiger partial charge in [-0.1, -0.05) is 17.7 Å². The Balaban J connectivity index is 2.15. The Bertz CT molecular complexity index is 527. The number of amides is 1. The lowest BCUT2D eigenvalue weighted by Gasteiger charge is -2.22. The van der Waals surface area contributed by atoms with E-state index < -0.39 is 12.0 Å². The molecule has 0 saturated carbocycles. The summed E-state index contributed by atoms with van der Waals surface area (Å²) in [5.74, 6) is -0.416. The Morgan fingerprint density at radius 1 is 1.45 bits per heavy atom. The molecule has 0 bridgehead atoms. The van der Waals surface area contributed by atoms with E-state index in [1.165, 1.54) is 4.90 Å². The van der Waals surface area contributed by atoms with Crippen molar-refractivity contribution in [2.45, 2.75) is 32.2 Å². The molecule has 1 aliphatic rings. The van der Waals surface area contributed by atoms with Crippen LogP contribution in [0.4, 0.5) is 0 Å². The molecular weight excluding hydrogens is 258 g/mol.